The van der Waals surface area contributed by atoms with E-state index in [9.17, 15) is 0 Å². The molecule has 244 valence electrons. The minimum absolute atomic E-state index is 0. The van der Waals surface area contributed by atoms with Gasteiger partial charge < -0.3 is 14.0 Å². The van der Waals surface area contributed by atoms with Gasteiger partial charge in [0.2, 0.25) is 0 Å². The van der Waals surface area contributed by atoms with E-state index >= 15 is 0 Å². The summed E-state index contributed by atoms with van der Waals surface area (Å²) in [7, 11) is 3.91. The largest absolute Gasteiger partial charge is 0.405 e. The molecular weight excluding hydrogens is 597 g/mol. The smallest absolute Gasteiger partial charge is 0.179 e. The number of hydrogen-bond donors (Lipinski definition) is 0. The number of likely N-dealkylation sites (tertiary alicyclic amines) is 1. The number of anilines is 2. The molecule has 1 aromatic heterocycles. The van der Waals surface area contributed by atoms with Crippen LogP contribution < -0.4 is 13.4 Å². The van der Waals surface area contributed by atoms with Crippen LogP contribution in [0, 0.1) is 17.8 Å². The van der Waals surface area contributed by atoms with E-state index in [1.165, 1.54) is 82.6 Å². The first-order valence-electron chi connectivity index (χ1n) is 17.0. The van der Waals surface area contributed by atoms with Gasteiger partial charge in [-0.2, -0.15) is 18.6 Å². The van der Waals surface area contributed by atoms with Crippen molar-refractivity contribution in [3.63, 3.8) is 0 Å². The van der Waals surface area contributed by atoms with Crippen LogP contribution in [0.1, 0.15) is 56.6 Å². The second-order valence-electron chi connectivity index (χ2n) is 13.8. The number of nitrogens with zero attached hydrogens (tertiary/aromatic N) is 6. The zero-order valence-electron chi connectivity index (χ0n) is 27.4. The van der Waals surface area contributed by atoms with Crippen molar-refractivity contribution in [2.75, 3.05) is 62.1 Å². The number of rotatable bonds is 10. The Bertz CT molecular complexity index is 1380. The van der Waals surface area contributed by atoms with Crippen LogP contribution in [0.3, 0.4) is 0 Å². The van der Waals surface area contributed by atoms with Gasteiger partial charge in [0.25, 0.3) is 0 Å². The van der Waals surface area contributed by atoms with Crippen molar-refractivity contribution < 1.29 is 4.18 Å². The average Bonchev–Trinajstić information content (AvgIpc) is 3.74. The molecule has 3 aliphatic heterocycles. The maximum atomic E-state index is 5.94. The van der Waals surface area contributed by atoms with Gasteiger partial charge in [-0.1, -0.05) is 44.0 Å². The molecule has 1 aliphatic carbocycles. The highest BCUT2D eigenvalue weighted by atomic mass is 32.2. The van der Waals surface area contributed by atoms with Gasteiger partial charge in [-0.15, -0.1) is 0 Å². The third kappa shape index (κ3) is 6.74. The van der Waals surface area contributed by atoms with Gasteiger partial charge in [-0.25, -0.2) is 0 Å². The van der Waals surface area contributed by atoms with Crippen molar-refractivity contribution in [3.8, 4) is 5.75 Å². The summed E-state index contributed by atoms with van der Waals surface area (Å²) in [6, 6.07) is 18.1. The number of aromatic nitrogens is 2. The summed E-state index contributed by atoms with van der Waals surface area (Å²) in [5.41, 5.74) is 6.00. The Hall–Kier alpha value is -2.33. The van der Waals surface area contributed by atoms with E-state index in [-0.39, 0.29) is 13.5 Å². The lowest BCUT2D eigenvalue weighted by Gasteiger charge is -2.54. The molecule has 1 saturated carbocycles. The molecule has 4 heterocycles. The predicted molar refractivity (Wildman–Crippen MR) is 193 cm³/mol. The van der Waals surface area contributed by atoms with Crippen molar-refractivity contribution in [1.82, 2.24) is 19.6 Å². The van der Waals surface area contributed by atoms with Crippen molar-refractivity contribution in [3.05, 3.63) is 72.1 Å². The van der Waals surface area contributed by atoms with Crippen LogP contribution in [0.5, 0.6) is 5.75 Å². The van der Waals surface area contributed by atoms with Crippen LogP contribution in [0.15, 0.2) is 60.9 Å². The van der Waals surface area contributed by atoms with E-state index < -0.39 is 0 Å². The number of fused-ring (bicyclic) bond motifs is 1. The number of piperidine rings is 1. The summed E-state index contributed by atoms with van der Waals surface area (Å²) in [4.78, 5) is 8.07. The van der Waals surface area contributed by atoms with E-state index in [1.54, 1.807) is 15.8 Å². The van der Waals surface area contributed by atoms with E-state index in [0.717, 1.165) is 55.4 Å². The third-order valence-electron chi connectivity index (χ3n) is 11.2. The number of likely N-dealkylation sites (N-methyl/N-ethyl adjacent to an activating group) is 1. The average molecular weight is 649 g/mol. The monoisotopic (exact) mass is 648 g/mol. The second-order valence-corrected chi connectivity index (χ2v) is 14.7. The molecule has 7 rings (SSSR count). The Labute approximate surface area is 282 Å². The molecule has 0 bridgehead atoms. The van der Waals surface area contributed by atoms with E-state index in [1.807, 2.05) is 30.8 Å². The Morgan fingerprint density at radius 2 is 1.67 bits per heavy atom. The highest BCUT2D eigenvalue weighted by molar-refractivity contribution is 7.96. The van der Waals surface area contributed by atoms with Crippen LogP contribution in [0.4, 0.5) is 11.4 Å². The Morgan fingerprint density at radius 3 is 2.36 bits per heavy atom. The van der Waals surface area contributed by atoms with E-state index in [2.05, 4.69) is 75.3 Å². The minimum Gasteiger partial charge on any atom is -0.405 e. The molecule has 2 saturated heterocycles. The molecule has 0 amide bonds. The first-order valence-corrected chi connectivity index (χ1v) is 17.7. The Morgan fingerprint density at radius 1 is 0.956 bits per heavy atom. The predicted octanol–water partition coefficient (Wildman–Crippen LogP) is 6.72. The number of hydrogen-bond acceptors (Lipinski definition) is 7. The maximum Gasteiger partial charge on any atom is 0.179 e. The van der Waals surface area contributed by atoms with Crippen LogP contribution in [0.2, 0.25) is 0 Å². The standard InChI is InChI=1S/C36H50N6OS.H2S/c1-4-40-25-29-9-5-8-12-35(29)36(27-40,30-10-6-7-11-30)31-17-19-41(20-18-31)22-28-23-42(24-28)32-13-15-34(16-14-32)43-44-39(3)33-21-37-38(2)26-33;/h5,8-9,12-16,21,26,28,30-31H,4,6-7,10-11,17-20,22-25,27H2,1-3H3;1H2. The second kappa shape index (κ2) is 14.2. The molecular formula is C36H52N6OS2. The van der Waals surface area contributed by atoms with E-state index in [4.69, 9.17) is 4.18 Å². The highest BCUT2D eigenvalue weighted by Gasteiger charge is 2.51. The molecule has 1 unspecified atom stereocenters. The lowest BCUT2D eigenvalue weighted by molar-refractivity contribution is 0.0359. The van der Waals surface area contributed by atoms with Crippen molar-refractivity contribution in [1.29, 1.82) is 0 Å². The maximum absolute atomic E-state index is 5.94. The molecule has 1 atom stereocenters. The summed E-state index contributed by atoms with van der Waals surface area (Å²) in [6.07, 6.45) is 12.2. The number of aryl methyl sites for hydroxylation is 1. The quantitative estimate of drug-likeness (QED) is 0.179. The van der Waals surface area contributed by atoms with E-state index in [0.29, 0.717) is 5.41 Å². The summed E-state index contributed by atoms with van der Waals surface area (Å²) in [5, 5.41) is 4.23. The molecule has 0 radical (unpaired) electrons. The topological polar surface area (TPSA) is 40.0 Å². The fourth-order valence-electron chi connectivity index (χ4n) is 8.88. The van der Waals surface area contributed by atoms with Crippen molar-refractivity contribution >= 4 is 37.1 Å². The lowest BCUT2D eigenvalue weighted by Crippen LogP contribution is -2.57. The van der Waals surface area contributed by atoms with Gasteiger partial charge in [-0.05, 0) is 92.5 Å². The molecule has 9 heteroatoms. The first-order chi connectivity index (χ1) is 21.5. The molecule has 4 aliphatic rings. The normalized spacial score (nSPS) is 23.4. The van der Waals surface area contributed by atoms with Crippen LogP contribution in [0.25, 0.3) is 0 Å². The van der Waals surface area contributed by atoms with Gasteiger partial charge in [0.15, 0.2) is 12.2 Å². The Kier molecular flexibility index (Phi) is 10.3. The van der Waals surface area contributed by atoms with Gasteiger partial charge in [0.05, 0.1) is 11.9 Å². The zero-order chi connectivity index (χ0) is 30.1. The summed E-state index contributed by atoms with van der Waals surface area (Å²) >= 11 is 1.32. The first kappa shape index (κ1) is 32.6. The van der Waals surface area contributed by atoms with Crippen molar-refractivity contribution in [2.45, 2.75) is 57.4 Å². The zero-order valence-corrected chi connectivity index (χ0v) is 29.2. The highest BCUT2D eigenvalue weighted by Crippen LogP contribution is 2.53. The van der Waals surface area contributed by atoms with Gasteiger partial charge in [-0.3, -0.25) is 13.9 Å². The number of benzene rings is 2. The fraction of sp³-hybridized carbons (Fsp3) is 0.583. The molecule has 0 spiro atoms. The lowest BCUT2D eigenvalue weighted by atomic mass is 9.57. The molecule has 7 nitrogen and oxygen atoms in total. The molecule has 0 N–H and O–H groups in total. The van der Waals surface area contributed by atoms with Gasteiger partial charge in [0, 0.05) is 70.0 Å². The molecule has 2 aromatic carbocycles. The molecule has 3 aromatic rings. The minimum atomic E-state index is 0. The van der Waals surface area contributed by atoms with Crippen LogP contribution in [-0.2, 0) is 19.0 Å². The fourth-order valence-corrected chi connectivity index (χ4v) is 9.37. The third-order valence-corrected chi connectivity index (χ3v) is 11.9. The van der Waals surface area contributed by atoms with Crippen molar-refractivity contribution in [2.24, 2.45) is 24.8 Å². The van der Waals surface area contributed by atoms with Crippen LogP contribution in [-0.4, -0.2) is 72.4 Å². The van der Waals surface area contributed by atoms with Crippen LogP contribution >= 0.6 is 25.7 Å². The Balaban J connectivity index is 0.00000357. The SMILES string of the molecule is CCN1Cc2ccccc2C(C2CCCC2)(C2CCN(CC3CN(c4ccc(OSN(C)c5cnn(C)c5)cc4)C3)CC2)C1.S. The summed E-state index contributed by atoms with van der Waals surface area (Å²) in [6.45, 7) is 12.0. The summed E-state index contributed by atoms with van der Waals surface area (Å²) in [5.74, 6) is 3.29. The van der Waals surface area contributed by atoms with Gasteiger partial charge >= 0.3 is 0 Å². The summed E-state index contributed by atoms with van der Waals surface area (Å²) < 4.78 is 9.72. The molecule has 45 heavy (non-hydrogen) atoms. The molecule has 3 fully saturated rings. The van der Waals surface area contributed by atoms with Gasteiger partial charge in [0.1, 0.15) is 5.75 Å².